The number of halogens is 1. The summed E-state index contributed by atoms with van der Waals surface area (Å²) in [5, 5.41) is 23.8. The molecule has 150 valence electrons. The summed E-state index contributed by atoms with van der Waals surface area (Å²) < 4.78 is 8.22. The van der Waals surface area contributed by atoms with E-state index in [4.69, 9.17) is 4.74 Å². The van der Waals surface area contributed by atoms with Crippen LogP contribution >= 0.6 is 27.7 Å². The third-order valence-electron chi connectivity index (χ3n) is 4.87. The minimum Gasteiger partial charge on any atom is -0.381 e. The Morgan fingerprint density at radius 1 is 1.41 bits per heavy atom. The summed E-state index contributed by atoms with van der Waals surface area (Å²) in [7, 11) is 0. The van der Waals surface area contributed by atoms with E-state index < -0.39 is 0 Å². The highest BCUT2D eigenvalue weighted by Crippen LogP contribution is 2.31. The molecule has 1 unspecified atom stereocenters. The first-order valence-electron chi connectivity index (χ1n) is 9.22. The maximum atomic E-state index is 5.49. The molecule has 0 aliphatic carbocycles. The average molecular weight is 458 g/mol. The quantitative estimate of drug-likeness (QED) is 0.628. The van der Waals surface area contributed by atoms with E-state index in [2.05, 4.69) is 67.1 Å². The number of nitrogens with one attached hydrogen (secondary N) is 2. The molecule has 0 spiro atoms. The van der Waals surface area contributed by atoms with Crippen LogP contribution in [0.15, 0.2) is 4.60 Å². The van der Waals surface area contributed by atoms with Crippen molar-refractivity contribution in [1.29, 1.82) is 0 Å². The first-order valence-corrected chi connectivity index (χ1v) is 11.4. The van der Waals surface area contributed by atoms with Crippen molar-refractivity contribution in [3.05, 3.63) is 21.7 Å². The van der Waals surface area contributed by atoms with Crippen molar-refractivity contribution in [2.45, 2.75) is 51.7 Å². The normalized spacial score (nSPS) is 17.4. The molecule has 2 N–H and O–H groups in total. The number of tetrazole rings is 1. The molecule has 0 aromatic carbocycles. The summed E-state index contributed by atoms with van der Waals surface area (Å²) >= 11 is 5.41. The summed E-state index contributed by atoms with van der Waals surface area (Å²) in [5.41, 5.74) is 1.95. The number of aryl methyl sites for hydroxylation is 1. The Hall–Kier alpha value is -0.970. The molecule has 1 saturated heterocycles. The maximum absolute atomic E-state index is 5.49. The zero-order chi connectivity index (χ0) is 19.4. The zero-order valence-corrected chi connectivity index (χ0v) is 18.7. The molecular weight excluding hydrogens is 430 g/mol. The molecule has 3 heterocycles. The lowest BCUT2D eigenvalue weighted by Gasteiger charge is -2.31. The fraction of sp³-hybridized carbons (Fsp3) is 0.765. The van der Waals surface area contributed by atoms with Crippen molar-refractivity contribution >= 4 is 27.7 Å². The van der Waals surface area contributed by atoms with Gasteiger partial charge in [-0.1, -0.05) is 0 Å². The summed E-state index contributed by atoms with van der Waals surface area (Å²) in [4.78, 5) is 0. The molecular formula is C17H28BrN7OS. The van der Waals surface area contributed by atoms with E-state index in [9.17, 15) is 0 Å². The monoisotopic (exact) mass is 457 g/mol. The number of ether oxygens (including phenoxy) is 1. The van der Waals surface area contributed by atoms with Crippen molar-refractivity contribution in [2.24, 2.45) is 5.92 Å². The molecule has 27 heavy (non-hydrogen) atoms. The second-order valence-electron chi connectivity index (χ2n) is 7.72. The number of thioether (sulfide) groups is 1. The van der Waals surface area contributed by atoms with Crippen LogP contribution < -0.4 is 5.32 Å². The molecule has 3 rings (SSSR count). The van der Waals surface area contributed by atoms with Crippen LogP contribution in [0.3, 0.4) is 0 Å². The Bertz CT molecular complexity index is 722. The Balaban J connectivity index is 1.92. The smallest absolute Gasteiger partial charge is 0.173 e. The van der Waals surface area contributed by atoms with E-state index in [0.29, 0.717) is 5.92 Å². The van der Waals surface area contributed by atoms with Gasteiger partial charge in [-0.3, -0.25) is 10.4 Å². The lowest BCUT2D eigenvalue weighted by atomic mass is 9.99. The average Bonchev–Trinajstić information content (AvgIpc) is 3.21. The van der Waals surface area contributed by atoms with Gasteiger partial charge in [0.05, 0.1) is 6.04 Å². The van der Waals surface area contributed by atoms with Crippen LogP contribution in [0.2, 0.25) is 0 Å². The second kappa shape index (κ2) is 9.02. The van der Waals surface area contributed by atoms with Crippen LogP contribution in [0.25, 0.3) is 0 Å². The number of nitrogens with zero attached hydrogens (tertiary/aromatic N) is 5. The van der Waals surface area contributed by atoms with Gasteiger partial charge in [0.25, 0.3) is 0 Å². The van der Waals surface area contributed by atoms with Gasteiger partial charge in [0.2, 0.25) is 0 Å². The van der Waals surface area contributed by atoms with E-state index >= 15 is 0 Å². The molecule has 1 fully saturated rings. The van der Waals surface area contributed by atoms with Crippen LogP contribution in [0.5, 0.6) is 0 Å². The number of aromatic amines is 1. The summed E-state index contributed by atoms with van der Waals surface area (Å²) in [6.45, 7) is 8.87. The maximum Gasteiger partial charge on any atom is 0.173 e. The SMILES string of the molecule is CSCC(C)(C)NC(c1c(Br)n[nH]c1C)c1nnnn1CC1CCOCC1. The van der Waals surface area contributed by atoms with Crippen molar-refractivity contribution in [1.82, 2.24) is 35.7 Å². The highest BCUT2D eigenvalue weighted by atomic mass is 79.9. The zero-order valence-electron chi connectivity index (χ0n) is 16.3. The molecule has 1 aliphatic heterocycles. The fourth-order valence-electron chi connectivity index (χ4n) is 3.52. The van der Waals surface area contributed by atoms with Crippen LogP contribution in [0.1, 0.15) is 49.8 Å². The van der Waals surface area contributed by atoms with E-state index in [-0.39, 0.29) is 11.6 Å². The van der Waals surface area contributed by atoms with Crippen molar-refractivity contribution in [3.8, 4) is 0 Å². The number of aromatic nitrogens is 6. The van der Waals surface area contributed by atoms with Crippen LogP contribution in [-0.2, 0) is 11.3 Å². The number of hydrogen-bond donors (Lipinski definition) is 2. The molecule has 0 bridgehead atoms. The largest absolute Gasteiger partial charge is 0.381 e. The minimum atomic E-state index is -0.157. The molecule has 8 nitrogen and oxygen atoms in total. The Kier molecular flexibility index (Phi) is 6.93. The van der Waals surface area contributed by atoms with E-state index in [0.717, 1.165) is 60.0 Å². The van der Waals surface area contributed by atoms with Crippen LogP contribution in [0, 0.1) is 12.8 Å². The first kappa shape index (κ1) is 20.8. The molecule has 0 radical (unpaired) electrons. The minimum absolute atomic E-state index is 0.0946. The molecule has 2 aromatic rings. The van der Waals surface area contributed by atoms with Crippen molar-refractivity contribution in [2.75, 3.05) is 25.2 Å². The van der Waals surface area contributed by atoms with E-state index in [1.54, 1.807) is 0 Å². The van der Waals surface area contributed by atoms with Gasteiger partial charge in [0.1, 0.15) is 4.60 Å². The Morgan fingerprint density at radius 2 is 2.15 bits per heavy atom. The number of rotatable bonds is 8. The van der Waals surface area contributed by atoms with Gasteiger partial charge in [-0.05, 0) is 72.1 Å². The first-order chi connectivity index (χ1) is 12.9. The Morgan fingerprint density at radius 3 is 2.78 bits per heavy atom. The van der Waals surface area contributed by atoms with Gasteiger partial charge in [-0.2, -0.15) is 16.9 Å². The number of hydrogen-bond acceptors (Lipinski definition) is 7. The van der Waals surface area contributed by atoms with Gasteiger partial charge in [0, 0.05) is 42.3 Å². The number of H-pyrrole nitrogens is 1. The van der Waals surface area contributed by atoms with Gasteiger partial charge in [0.15, 0.2) is 5.82 Å². The predicted molar refractivity (Wildman–Crippen MR) is 110 cm³/mol. The van der Waals surface area contributed by atoms with Gasteiger partial charge in [-0.15, -0.1) is 5.10 Å². The van der Waals surface area contributed by atoms with Crippen molar-refractivity contribution in [3.63, 3.8) is 0 Å². The second-order valence-corrected chi connectivity index (χ2v) is 9.34. The molecule has 0 amide bonds. The van der Waals surface area contributed by atoms with Gasteiger partial charge in [-0.25, -0.2) is 4.68 Å². The topological polar surface area (TPSA) is 93.5 Å². The van der Waals surface area contributed by atoms with E-state index in [1.807, 2.05) is 23.4 Å². The van der Waals surface area contributed by atoms with Crippen LogP contribution in [-0.4, -0.2) is 61.2 Å². The molecule has 1 aliphatic rings. The van der Waals surface area contributed by atoms with Gasteiger partial charge >= 0.3 is 0 Å². The summed E-state index contributed by atoms with van der Waals surface area (Å²) in [5.74, 6) is 2.33. The summed E-state index contributed by atoms with van der Waals surface area (Å²) in [6, 6.07) is -0.157. The lowest BCUT2D eigenvalue weighted by molar-refractivity contribution is 0.0595. The highest BCUT2D eigenvalue weighted by molar-refractivity contribution is 9.10. The lowest BCUT2D eigenvalue weighted by Crippen LogP contribution is -2.45. The molecule has 2 aromatic heterocycles. The fourth-order valence-corrected chi connectivity index (χ4v) is 4.94. The predicted octanol–water partition coefficient (Wildman–Crippen LogP) is 2.71. The van der Waals surface area contributed by atoms with E-state index in [1.165, 1.54) is 0 Å². The highest BCUT2D eigenvalue weighted by Gasteiger charge is 2.32. The van der Waals surface area contributed by atoms with Crippen molar-refractivity contribution < 1.29 is 4.74 Å². The van der Waals surface area contributed by atoms with Gasteiger partial charge < -0.3 is 4.74 Å². The molecule has 0 saturated carbocycles. The Labute approximate surface area is 172 Å². The standard InChI is InChI=1S/C17H28BrN7OS/c1-11-13(15(18)21-20-11)14(19-17(2,3)10-27-4)16-22-23-24-25(16)9-12-5-7-26-8-6-12/h12,14,19H,5-10H2,1-4H3,(H,20,21). The summed E-state index contributed by atoms with van der Waals surface area (Å²) in [6.07, 6.45) is 4.21. The molecule has 1 atom stereocenters. The third-order valence-corrected chi connectivity index (χ3v) is 6.48. The molecule has 10 heteroatoms. The third kappa shape index (κ3) is 5.10. The van der Waals surface area contributed by atoms with Crippen LogP contribution in [0.4, 0.5) is 0 Å².